The van der Waals surface area contributed by atoms with E-state index in [9.17, 15) is 26.3 Å². The third kappa shape index (κ3) is 7.92. The minimum atomic E-state index is -5.40. The SMILES string of the molecule is CC(F)(Cl)C(Cl)(Cl)Cl.CC(F)(F)C(F)(F)F. The maximum Gasteiger partial charge on any atom is 0.452 e. The molecule has 0 saturated carbocycles. The van der Waals surface area contributed by atoms with Crippen LogP contribution in [-0.4, -0.2) is 21.0 Å². The Morgan fingerprint density at radius 1 is 0.688 bits per heavy atom. The molecule has 1 unspecified atom stereocenters. The molecule has 0 aliphatic rings. The van der Waals surface area contributed by atoms with Gasteiger partial charge in [-0.15, -0.1) is 0 Å². The summed E-state index contributed by atoms with van der Waals surface area (Å²) in [7, 11) is 0. The van der Waals surface area contributed by atoms with Gasteiger partial charge in [-0.3, -0.25) is 0 Å². The van der Waals surface area contributed by atoms with Crippen LogP contribution in [0.4, 0.5) is 26.3 Å². The summed E-state index contributed by atoms with van der Waals surface area (Å²) in [5.74, 6) is -4.56. The van der Waals surface area contributed by atoms with Crippen LogP contribution in [0.2, 0.25) is 0 Å². The summed E-state index contributed by atoms with van der Waals surface area (Å²) in [5.41, 5.74) is 0. The third-order valence-corrected chi connectivity index (χ3v) is 2.63. The molecule has 0 spiro atoms. The molecular formula is C6H6Cl4F6. The first-order valence-electron chi connectivity index (χ1n) is 3.39. The Balaban J connectivity index is 0. The van der Waals surface area contributed by atoms with Crippen LogP contribution in [0.3, 0.4) is 0 Å². The fourth-order valence-electron chi connectivity index (χ4n) is 0. The van der Waals surface area contributed by atoms with Gasteiger partial charge in [0.25, 0.3) is 0 Å². The second-order valence-corrected chi connectivity index (χ2v) is 5.76. The number of hydrogen-bond acceptors (Lipinski definition) is 0. The molecule has 10 heteroatoms. The predicted octanol–water partition coefficient (Wildman–Crippen LogP) is 5.49. The summed E-state index contributed by atoms with van der Waals surface area (Å²) in [6, 6.07) is 0. The molecule has 0 radical (unpaired) electrons. The molecule has 16 heavy (non-hydrogen) atoms. The Kier molecular flexibility index (Phi) is 6.67. The van der Waals surface area contributed by atoms with Gasteiger partial charge in [0, 0.05) is 6.92 Å². The first kappa shape index (κ1) is 19.1. The van der Waals surface area contributed by atoms with Crippen molar-refractivity contribution in [1.29, 1.82) is 0 Å². The van der Waals surface area contributed by atoms with E-state index in [1.54, 1.807) is 0 Å². The van der Waals surface area contributed by atoms with Gasteiger partial charge in [0.05, 0.1) is 0 Å². The average molecular weight is 334 g/mol. The molecule has 0 aliphatic heterocycles. The van der Waals surface area contributed by atoms with Crippen LogP contribution < -0.4 is 0 Å². The standard InChI is InChI=1S/C3H3Cl4F.C3H3F5/c1-2(4,8)3(5,6)7;1-2(4,5)3(6,7)8/h2*1H3. The Morgan fingerprint density at radius 3 is 0.812 bits per heavy atom. The zero-order valence-electron chi connectivity index (χ0n) is 7.78. The van der Waals surface area contributed by atoms with E-state index in [4.69, 9.17) is 46.4 Å². The zero-order valence-corrected chi connectivity index (χ0v) is 10.8. The van der Waals surface area contributed by atoms with Crippen LogP contribution in [0.15, 0.2) is 0 Å². The van der Waals surface area contributed by atoms with E-state index in [0.29, 0.717) is 0 Å². The van der Waals surface area contributed by atoms with Gasteiger partial charge in [0.1, 0.15) is 0 Å². The fraction of sp³-hybridized carbons (Fsp3) is 1.00. The van der Waals surface area contributed by atoms with Crippen molar-refractivity contribution in [2.24, 2.45) is 0 Å². The number of rotatable bonds is 0. The van der Waals surface area contributed by atoms with Crippen molar-refractivity contribution < 1.29 is 26.3 Å². The molecule has 0 amide bonds. The summed E-state index contributed by atoms with van der Waals surface area (Å²) < 4.78 is 64.9. The van der Waals surface area contributed by atoms with Crippen LogP contribution in [0.1, 0.15) is 13.8 Å². The Bertz CT molecular complexity index is 159. The van der Waals surface area contributed by atoms with Gasteiger partial charge in [-0.05, 0) is 6.92 Å². The third-order valence-electron chi connectivity index (χ3n) is 0.996. The fourth-order valence-corrected chi connectivity index (χ4v) is 0. The molecule has 0 nitrogen and oxygen atoms in total. The minimum Gasteiger partial charge on any atom is -0.222 e. The van der Waals surface area contributed by atoms with Crippen molar-refractivity contribution in [3.05, 3.63) is 0 Å². The Labute approximate surface area is 108 Å². The Morgan fingerprint density at radius 2 is 0.812 bits per heavy atom. The van der Waals surface area contributed by atoms with E-state index in [0.717, 1.165) is 6.92 Å². The first-order chi connectivity index (χ1) is 6.50. The summed E-state index contributed by atoms with van der Waals surface area (Å²) in [5, 5.41) is -2.29. The highest BCUT2D eigenvalue weighted by Crippen LogP contribution is 2.43. The van der Waals surface area contributed by atoms with Crippen LogP contribution in [0.5, 0.6) is 0 Å². The number of alkyl halides is 10. The molecule has 0 rings (SSSR count). The second-order valence-electron chi connectivity index (χ2n) is 2.77. The zero-order chi connectivity index (χ0) is 14.0. The normalized spacial score (nSPS) is 17.2. The van der Waals surface area contributed by atoms with Gasteiger partial charge in [-0.25, -0.2) is 4.39 Å². The van der Waals surface area contributed by atoms with Crippen molar-refractivity contribution >= 4 is 46.4 Å². The van der Waals surface area contributed by atoms with Gasteiger partial charge in [-0.2, -0.15) is 22.0 Å². The Hall–Kier alpha value is 0.740. The van der Waals surface area contributed by atoms with Crippen molar-refractivity contribution in [2.75, 3.05) is 0 Å². The molecule has 0 N–H and O–H groups in total. The van der Waals surface area contributed by atoms with Gasteiger partial charge in [0.15, 0.2) is 0 Å². The molecular weight excluding hydrogens is 328 g/mol. The van der Waals surface area contributed by atoms with Crippen LogP contribution in [0, 0.1) is 0 Å². The van der Waals surface area contributed by atoms with Crippen LogP contribution >= 0.6 is 46.4 Å². The van der Waals surface area contributed by atoms with Crippen molar-refractivity contribution in [3.8, 4) is 0 Å². The molecule has 0 fully saturated rings. The van der Waals surface area contributed by atoms with E-state index in [1.807, 2.05) is 0 Å². The lowest BCUT2D eigenvalue weighted by atomic mass is 10.4. The number of halogens is 10. The summed E-state index contributed by atoms with van der Waals surface area (Å²) >= 11 is 20.0. The lowest BCUT2D eigenvalue weighted by molar-refractivity contribution is -0.273. The van der Waals surface area contributed by atoms with Crippen molar-refractivity contribution in [3.63, 3.8) is 0 Å². The van der Waals surface area contributed by atoms with Gasteiger partial charge in [-0.1, -0.05) is 46.4 Å². The molecule has 100 valence electrons. The number of hydrogen-bond donors (Lipinski definition) is 0. The van der Waals surface area contributed by atoms with E-state index < -0.39 is 21.0 Å². The first-order valence-corrected chi connectivity index (χ1v) is 4.90. The maximum absolute atomic E-state index is 12.3. The molecule has 0 aliphatic carbocycles. The van der Waals surface area contributed by atoms with Crippen LogP contribution in [0.25, 0.3) is 0 Å². The summed E-state index contributed by atoms with van der Waals surface area (Å²) in [6.45, 7) is 0.786. The highest BCUT2D eigenvalue weighted by Gasteiger charge is 2.53. The molecule has 0 bridgehead atoms. The second kappa shape index (κ2) is 5.59. The quantitative estimate of drug-likeness (QED) is 0.406. The summed E-state index contributed by atoms with van der Waals surface area (Å²) in [4.78, 5) is 0. The lowest BCUT2D eigenvalue weighted by Gasteiger charge is -2.19. The van der Waals surface area contributed by atoms with E-state index in [1.165, 1.54) is 0 Å². The van der Waals surface area contributed by atoms with Crippen LogP contribution in [-0.2, 0) is 0 Å². The van der Waals surface area contributed by atoms with Gasteiger partial charge >= 0.3 is 12.1 Å². The monoisotopic (exact) mass is 332 g/mol. The maximum atomic E-state index is 12.3. The minimum absolute atomic E-state index is 0.188. The molecule has 0 saturated heterocycles. The largest absolute Gasteiger partial charge is 0.452 e. The van der Waals surface area contributed by atoms with Gasteiger partial charge < -0.3 is 0 Å². The molecule has 0 heterocycles. The molecule has 1 atom stereocenters. The topological polar surface area (TPSA) is 0 Å². The highest BCUT2D eigenvalue weighted by atomic mass is 35.6. The van der Waals surface area contributed by atoms with Gasteiger partial charge in [0.2, 0.25) is 8.92 Å². The van der Waals surface area contributed by atoms with Crippen molar-refractivity contribution in [2.45, 2.75) is 34.9 Å². The smallest absolute Gasteiger partial charge is 0.222 e. The lowest BCUT2D eigenvalue weighted by Crippen LogP contribution is -2.32. The van der Waals surface area contributed by atoms with E-state index in [-0.39, 0.29) is 6.92 Å². The highest BCUT2D eigenvalue weighted by molar-refractivity contribution is 6.70. The van der Waals surface area contributed by atoms with Crippen molar-refractivity contribution in [1.82, 2.24) is 0 Å². The average Bonchev–Trinajstić information content (AvgIpc) is 1.77. The molecule has 0 aromatic carbocycles. The van der Waals surface area contributed by atoms with E-state index >= 15 is 0 Å². The van der Waals surface area contributed by atoms with E-state index in [2.05, 4.69) is 0 Å². The molecule has 0 aromatic rings. The molecule has 0 aromatic heterocycles. The predicted molar refractivity (Wildman–Crippen MR) is 52.3 cm³/mol. The summed E-state index contributed by atoms with van der Waals surface area (Å²) in [6.07, 6.45) is -5.40.